The quantitative estimate of drug-likeness (QED) is 0.844. The average Bonchev–Trinajstić information content (AvgIpc) is 2.67. The fourth-order valence-corrected chi connectivity index (χ4v) is 1.45. The molecule has 0 radical (unpaired) electrons. The predicted octanol–water partition coefficient (Wildman–Crippen LogP) is 1.10. The molecular weight excluding hydrogens is 230 g/mol. The van der Waals surface area contributed by atoms with Crippen LogP contribution in [0.15, 0.2) is 6.33 Å². The fourth-order valence-electron chi connectivity index (χ4n) is 1.45. The summed E-state index contributed by atoms with van der Waals surface area (Å²) in [6.07, 6.45) is 1.34. The average molecular weight is 245 g/mol. The van der Waals surface area contributed by atoms with E-state index in [2.05, 4.69) is 10.3 Å². The molecule has 6 heteroatoms. The van der Waals surface area contributed by atoms with Crippen molar-refractivity contribution in [3.8, 4) is 12.1 Å². The normalized spacial score (nSPS) is 12.3. The van der Waals surface area contributed by atoms with Crippen molar-refractivity contribution in [2.75, 3.05) is 0 Å². The zero-order chi connectivity index (χ0) is 13.9. The second-order valence-electron chi connectivity index (χ2n) is 4.99. The molecule has 0 aliphatic rings. The fraction of sp³-hybridized carbons (Fsp3) is 0.500. The number of nitriles is 2. The molecule has 1 amide bonds. The van der Waals surface area contributed by atoms with E-state index in [0.29, 0.717) is 0 Å². The smallest absolute Gasteiger partial charge is 0.243 e. The van der Waals surface area contributed by atoms with Gasteiger partial charge in [-0.15, -0.1) is 0 Å². The highest BCUT2D eigenvalue weighted by Gasteiger charge is 2.23. The molecule has 0 bridgehead atoms. The Labute approximate surface area is 106 Å². The van der Waals surface area contributed by atoms with Gasteiger partial charge in [0.2, 0.25) is 5.91 Å². The lowest BCUT2D eigenvalue weighted by Gasteiger charge is -2.23. The maximum atomic E-state index is 12.0. The molecule has 1 rings (SSSR count). The van der Waals surface area contributed by atoms with Gasteiger partial charge in [-0.05, 0) is 27.7 Å². The zero-order valence-electron chi connectivity index (χ0n) is 10.9. The van der Waals surface area contributed by atoms with Crippen molar-refractivity contribution in [2.45, 2.75) is 39.3 Å². The van der Waals surface area contributed by atoms with Gasteiger partial charge >= 0.3 is 0 Å². The molecule has 0 fully saturated rings. The number of carbonyl (C=O) groups is 1. The first-order chi connectivity index (χ1) is 8.30. The van der Waals surface area contributed by atoms with Gasteiger partial charge in [0.1, 0.15) is 18.2 Å². The van der Waals surface area contributed by atoms with Crippen LogP contribution in [0.5, 0.6) is 0 Å². The number of hydrogen-bond donors (Lipinski definition) is 1. The standard InChI is InChI=1S/C12H15N5O/c1-8(11(18)16-12(2,3)4)17-7-15-9(5-13)10(17)6-14/h7-8H,1-4H3,(H,16,18). The molecule has 1 aromatic rings. The predicted molar refractivity (Wildman–Crippen MR) is 64.3 cm³/mol. The molecule has 1 N–H and O–H groups in total. The molecule has 1 atom stereocenters. The van der Waals surface area contributed by atoms with Crippen LogP contribution in [0, 0.1) is 22.7 Å². The molecule has 0 aliphatic carbocycles. The maximum Gasteiger partial charge on any atom is 0.243 e. The first kappa shape index (κ1) is 13.7. The number of imidazole rings is 1. The van der Waals surface area contributed by atoms with E-state index < -0.39 is 6.04 Å². The summed E-state index contributed by atoms with van der Waals surface area (Å²) >= 11 is 0. The zero-order valence-corrected chi connectivity index (χ0v) is 10.9. The van der Waals surface area contributed by atoms with Crippen molar-refractivity contribution in [1.82, 2.24) is 14.9 Å². The largest absolute Gasteiger partial charge is 0.350 e. The van der Waals surface area contributed by atoms with Gasteiger partial charge in [0.25, 0.3) is 0 Å². The van der Waals surface area contributed by atoms with Crippen LogP contribution in [0.2, 0.25) is 0 Å². The van der Waals surface area contributed by atoms with Gasteiger partial charge < -0.3 is 9.88 Å². The molecule has 1 aromatic heterocycles. The van der Waals surface area contributed by atoms with Gasteiger partial charge in [0, 0.05) is 5.54 Å². The number of nitrogens with zero attached hydrogens (tertiary/aromatic N) is 4. The van der Waals surface area contributed by atoms with Crippen LogP contribution in [-0.4, -0.2) is 21.0 Å². The van der Waals surface area contributed by atoms with Crippen molar-refractivity contribution < 1.29 is 4.79 Å². The summed E-state index contributed by atoms with van der Waals surface area (Å²) in [5, 5.41) is 20.6. The highest BCUT2D eigenvalue weighted by Crippen LogP contribution is 2.14. The third kappa shape index (κ3) is 2.86. The van der Waals surface area contributed by atoms with E-state index in [0.717, 1.165) is 0 Å². The minimum Gasteiger partial charge on any atom is -0.350 e. The first-order valence-electron chi connectivity index (χ1n) is 5.49. The molecule has 6 nitrogen and oxygen atoms in total. The Morgan fingerprint density at radius 2 is 2.06 bits per heavy atom. The van der Waals surface area contributed by atoms with Crippen LogP contribution in [0.4, 0.5) is 0 Å². The number of aromatic nitrogens is 2. The third-order valence-electron chi connectivity index (χ3n) is 2.30. The first-order valence-corrected chi connectivity index (χ1v) is 5.49. The van der Waals surface area contributed by atoms with E-state index in [4.69, 9.17) is 10.5 Å². The number of carbonyl (C=O) groups excluding carboxylic acids is 1. The summed E-state index contributed by atoms with van der Waals surface area (Å²) in [4.78, 5) is 15.8. The molecule has 0 spiro atoms. The molecule has 1 unspecified atom stereocenters. The Morgan fingerprint density at radius 1 is 1.44 bits per heavy atom. The summed E-state index contributed by atoms with van der Waals surface area (Å²) in [5.41, 5.74) is -0.210. The summed E-state index contributed by atoms with van der Waals surface area (Å²) in [5.74, 6) is -0.221. The second kappa shape index (κ2) is 4.89. The van der Waals surface area contributed by atoms with E-state index in [1.807, 2.05) is 32.9 Å². The summed E-state index contributed by atoms with van der Waals surface area (Å²) in [6, 6.07) is 3.13. The molecular formula is C12H15N5O. The molecule has 0 saturated carbocycles. The minimum atomic E-state index is -0.589. The molecule has 0 saturated heterocycles. The highest BCUT2D eigenvalue weighted by molar-refractivity contribution is 5.80. The van der Waals surface area contributed by atoms with Gasteiger partial charge in [-0.1, -0.05) is 0 Å². The van der Waals surface area contributed by atoms with E-state index in [1.54, 1.807) is 6.92 Å². The van der Waals surface area contributed by atoms with Crippen molar-refractivity contribution in [3.05, 3.63) is 17.7 Å². The van der Waals surface area contributed by atoms with E-state index in [-0.39, 0.29) is 22.8 Å². The lowest BCUT2D eigenvalue weighted by molar-refractivity contribution is -0.125. The van der Waals surface area contributed by atoms with E-state index >= 15 is 0 Å². The Kier molecular flexibility index (Phi) is 3.73. The lowest BCUT2D eigenvalue weighted by atomic mass is 10.1. The second-order valence-corrected chi connectivity index (χ2v) is 4.99. The summed E-state index contributed by atoms with van der Waals surface area (Å²) in [6.45, 7) is 7.27. The highest BCUT2D eigenvalue weighted by atomic mass is 16.2. The molecule has 0 aliphatic heterocycles. The molecule has 18 heavy (non-hydrogen) atoms. The summed E-state index contributed by atoms with van der Waals surface area (Å²) < 4.78 is 1.40. The van der Waals surface area contributed by atoms with Crippen LogP contribution in [0.1, 0.15) is 45.1 Å². The maximum absolute atomic E-state index is 12.0. The van der Waals surface area contributed by atoms with Crippen molar-refractivity contribution in [3.63, 3.8) is 0 Å². The van der Waals surface area contributed by atoms with Crippen LogP contribution >= 0.6 is 0 Å². The van der Waals surface area contributed by atoms with Gasteiger partial charge in [-0.2, -0.15) is 10.5 Å². The van der Waals surface area contributed by atoms with Crippen LogP contribution in [-0.2, 0) is 4.79 Å². The number of hydrogen-bond acceptors (Lipinski definition) is 4. The van der Waals surface area contributed by atoms with Gasteiger partial charge in [-0.25, -0.2) is 4.98 Å². The van der Waals surface area contributed by atoms with Crippen LogP contribution in [0.25, 0.3) is 0 Å². The van der Waals surface area contributed by atoms with Gasteiger partial charge in [0.05, 0.1) is 6.33 Å². The van der Waals surface area contributed by atoms with Gasteiger partial charge in [-0.3, -0.25) is 4.79 Å². The number of rotatable bonds is 2. The third-order valence-corrected chi connectivity index (χ3v) is 2.30. The van der Waals surface area contributed by atoms with Crippen molar-refractivity contribution in [1.29, 1.82) is 10.5 Å². The topological polar surface area (TPSA) is 94.5 Å². The molecule has 1 heterocycles. The Morgan fingerprint density at radius 3 is 2.50 bits per heavy atom. The van der Waals surface area contributed by atoms with E-state index in [9.17, 15) is 4.79 Å². The Bertz CT molecular complexity index is 538. The molecule has 0 aromatic carbocycles. The SMILES string of the molecule is CC(C(=O)NC(C)(C)C)n1cnc(C#N)c1C#N. The minimum absolute atomic E-state index is 0.0351. The Hall–Kier alpha value is -2.34. The van der Waals surface area contributed by atoms with Crippen molar-refractivity contribution in [2.24, 2.45) is 0 Å². The van der Waals surface area contributed by atoms with Crippen LogP contribution in [0.3, 0.4) is 0 Å². The van der Waals surface area contributed by atoms with Gasteiger partial charge in [0.15, 0.2) is 11.4 Å². The van der Waals surface area contributed by atoms with Crippen LogP contribution < -0.4 is 5.32 Å². The summed E-state index contributed by atoms with van der Waals surface area (Å²) in [7, 11) is 0. The van der Waals surface area contributed by atoms with Crippen molar-refractivity contribution >= 4 is 5.91 Å². The monoisotopic (exact) mass is 245 g/mol. The van der Waals surface area contributed by atoms with E-state index in [1.165, 1.54) is 10.9 Å². The number of amides is 1. The Balaban J connectivity index is 3.03. The molecule has 94 valence electrons. The number of nitrogens with one attached hydrogen (secondary N) is 1. The lowest BCUT2D eigenvalue weighted by Crippen LogP contribution is -2.43.